The van der Waals surface area contributed by atoms with E-state index in [1.54, 1.807) is 6.33 Å². The van der Waals surface area contributed by atoms with Crippen molar-refractivity contribution in [1.29, 1.82) is 0 Å². The lowest BCUT2D eigenvalue weighted by Crippen LogP contribution is -2.27. The molecule has 0 spiro atoms. The van der Waals surface area contributed by atoms with Gasteiger partial charge in [0.25, 0.3) is 0 Å². The maximum atomic E-state index is 12.0. The van der Waals surface area contributed by atoms with Crippen molar-refractivity contribution in [3.05, 3.63) is 53.5 Å². The summed E-state index contributed by atoms with van der Waals surface area (Å²) >= 11 is 0. The van der Waals surface area contributed by atoms with E-state index >= 15 is 0 Å². The van der Waals surface area contributed by atoms with Gasteiger partial charge in [0.15, 0.2) is 0 Å². The maximum absolute atomic E-state index is 12.0. The first kappa shape index (κ1) is 23.2. The fourth-order valence-corrected chi connectivity index (χ4v) is 3.99. The van der Waals surface area contributed by atoms with Gasteiger partial charge in [-0.3, -0.25) is 4.79 Å². The lowest BCUT2D eigenvalue weighted by molar-refractivity contribution is -0.122. The van der Waals surface area contributed by atoms with Gasteiger partial charge in [-0.1, -0.05) is 37.6 Å². The Balaban J connectivity index is 1.54. The summed E-state index contributed by atoms with van der Waals surface area (Å²) in [5.74, 6) is 1.65. The number of benzene rings is 1. The Labute approximate surface area is 187 Å². The van der Waals surface area contributed by atoms with Crippen LogP contribution in [0.4, 0.5) is 0 Å². The maximum Gasteiger partial charge on any atom is 0.223 e. The topological polar surface area (TPSA) is 64.1 Å². The highest BCUT2D eigenvalue weighted by molar-refractivity contribution is 5.81. The molecule has 5 nitrogen and oxygen atoms in total. The van der Waals surface area contributed by atoms with Crippen molar-refractivity contribution in [1.82, 2.24) is 15.3 Å². The average molecular weight is 424 g/mol. The minimum atomic E-state index is 0.0618. The van der Waals surface area contributed by atoms with E-state index < -0.39 is 0 Å². The third-order valence-electron chi connectivity index (χ3n) is 5.89. The number of aromatic nitrogens is 2. The largest absolute Gasteiger partial charge is 0.475 e. The van der Waals surface area contributed by atoms with Crippen LogP contribution in [0.25, 0.3) is 0 Å². The van der Waals surface area contributed by atoms with Gasteiger partial charge in [0.1, 0.15) is 6.33 Å². The molecule has 1 N–H and O–H groups in total. The molecule has 1 fully saturated rings. The Morgan fingerprint density at radius 1 is 1.10 bits per heavy atom. The van der Waals surface area contributed by atoms with Crippen LogP contribution in [0, 0.1) is 5.92 Å². The average Bonchev–Trinajstić information content (AvgIpc) is 3.59. The van der Waals surface area contributed by atoms with Crippen LogP contribution < -0.4 is 10.1 Å². The molecule has 31 heavy (non-hydrogen) atoms. The summed E-state index contributed by atoms with van der Waals surface area (Å²) in [6.07, 6.45) is 9.28. The van der Waals surface area contributed by atoms with Crippen molar-refractivity contribution in [3.8, 4) is 5.88 Å². The van der Waals surface area contributed by atoms with Gasteiger partial charge in [0, 0.05) is 17.7 Å². The highest BCUT2D eigenvalue weighted by atomic mass is 16.5. The van der Waals surface area contributed by atoms with Crippen molar-refractivity contribution in [2.24, 2.45) is 5.92 Å². The molecule has 2 aromatic rings. The Morgan fingerprint density at radius 3 is 2.45 bits per heavy atom. The Kier molecular flexibility index (Phi) is 8.44. The molecule has 5 heteroatoms. The van der Waals surface area contributed by atoms with E-state index in [0.29, 0.717) is 11.8 Å². The minimum Gasteiger partial charge on any atom is -0.475 e. The van der Waals surface area contributed by atoms with E-state index in [1.165, 1.54) is 24.0 Å². The predicted octanol–water partition coefficient (Wildman–Crippen LogP) is 5.76. The van der Waals surface area contributed by atoms with Gasteiger partial charge >= 0.3 is 0 Å². The number of carbonyl (C=O) groups excluding carboxylic acids is 1. The van der Waals surface area contributed by atoms with Crippen LogP contribution in [0.15, 0.2) is 36.7 Å². The molecule has 1 aromatic carbocycles. The molecule has 0 saturated heterocycles. The van der Waals surface area contributed by atoms with Crippen molar-refractivity contribution in [2.45, 2.75) is 90.7 Å². The minimum absolute atomic E-state index is 0.0618. The second kappa shape index (κ2) is 11.3. The van der Waals surface area contributed by atoms with E-state index in [4.69, 9.17) is 4.74 Å². The fraction of sp³-hybridized carbons (Fsp3) is 0.577. The van der Waals surface area contributed by atoms with Gasteiger partial charge < -0.3 is 10.1 Å². The normalized spacial score (nSPS) is 15.5. The van der Waals surface area contributed by atoms with Gasteiger partial charge in [0.2, 0.25) is 11.8 Å². The lowest BCUT2D eigenvalue weighted by atomic mass is 9.88. The van der Waals surface area contributed by atoms with E-state index in [-0.39, 0.29) is 24.0 Å². The van der Waals surface area contributed by atoms with Crippen molar-refractivity contribution in [3.63, 3.8) is 0 Å². The van der Waals surface area contributed by atoms with Crippen molar-refractivity contribution >= 4 is 5.91 Å². The lowest BCUT2D eigenvalue weighted by Gasteiger charge is -2.19. The number of carbonyl (C=O) groups is 1. The molecular formula is C26H37N3O2. The molecule has 168 valence electrons. The van der Waals surface area contributed by atoms with Crippen LogP contribution in [0.3, 0.4) is 0 Å². The van der Waals surface area contributed by atoms with Crippen LogP contribution in [0.5, 0.6) is 5.88 Å². The predicted molar refractivity (Wildman–Crippen MR) is 124 cm³/mol. The quantitative estimate of drug-likeness (QED) is 0.471. The Bertz CT molecular complexity index is 831. The van der Waals surface area contributed by atoms with Crippen LogP contribution >= 0.6 is 0 Å². The summed E-state index contributed by atoms with van der Waals surface area (Å²) in [5.41, 5.74) is 3.60. The van der Waals surface area contributed by atoms with Crippen LogP contribution in [0.2, 0.25) is 0 Å². The molecule has 1 aliphatic rings. The standard InChI is InChI=1S/C26H37N3O2/c1-5-7-21(8-6-9-24-16-25(28-17-27-24)31-18(2)3)22-12-10-20(11-13-22)19(4)29-26(30)23-14-15-23/h10-13,16-19,21,23H,5-9,14-15H2,1-4H3,(H,29,30)/t19-,21?/m0/s1. The summed E-state index contributed by atoms with van der Waals surface area (Å²) in [6, 6.07) is 10.9. The molecule has 3 rings (SSSR count). The van der Waals surface area contributed by atoms with E-state index in [9.17, 15) is 4.79 Å². The van der Waals surface area contributed by atoms with Gasteiger partial charge in [-0.05, 0) is 76.3 Å². The molecular weight excluding hydrogens is 386 g/mol. The number of nitrogens with zero attached hydrogens (tertiary/aromatic N) is 2. The molecule has 0 bridgehead atoms. The monoisotopic (exact) mass is 423 g/mol. The van der Waals surface area contributed by atoms with E-state index in [0.717, 1.165) is 37.8 Å². The molecule has 1 heterocycles. The molecule has 1 unspecified atom stereocenters. The summed E-state index contributed by atoms with van der Waals surface area (Å²) < 4.78 is 5.68. The molecule has 1 saturated carbocycles. The zero-order valence-corrected chi connectivity index (χ0v) is 19.4. The van der Waals surface area contributed by atoms with E-state index in [1.807, 2.05) is 19.9 Å². The molecule has 2 atom stereocenters. The first-order chi connectivity index (χ1) is 15.0. The summed E-state index contributed by atoms with van der Waals surface area (Å²) in [4.78, 5) is 20.6. The fourth-order valence-electron chi connectivity index (χ4n) is 3.99. The number of hydrogen-bond donors (Lipinski definition) is 1. The van der Waals surface area contributed by atoms with Crippen LogP contribution in [-0.4, -0.2) is 22.0 Å². The van der Waals surface area contributed by atoms with Crippen molar-refractivity contribution < 1.29 is 9.53 Å². The second-order valence-electron chi connectivity index (χ2n) is 9.06. The molecule has 1 aromatic heterocycles. The third-order valence-corrected chi connectivity index (χ3v) is 5.89. The Hall–Kier alpha value is -2.43. The first-order valence-corrected chi connectivity index (χ1v) is 11.8. The number of ether oxygens (including phenoxy) is 1. The highest BCUT2D eigenvalue weighted by Gasteiger charge is 2.30. The van der Waals surface area contributed by atoms with Gasteiger partial charge in [-0.2, -0.15) is 0 Å². The number of rotatable bonds is 12. The summed E-state index contributed by atoms with van der Waals surface area (Å²) in [7, 11) is 0. The van der Waals surface area contributed by atoms with Gasteiger partial charge in [-0.25, -0.2) is 9.97 Å². The van der Waals surface area contributed by atoms with Gasteiger partial charge in [0.05, 0.1) is 12.1 Å². The second-order valence-corrected chi connectivity index (χ2v) is 9.06. The molecule has 1 amide bonds. The number of nitrogens with one attached hydrogen (secondary N) is 1. The number of aryl methyl sites for hydroxylation is 1. The Morgan fingerprint density at radius 2 is 1.81 bits per heavy atom. The molecule has 0 radical (unpaired) electrons. The summed E-state index contributed by atoms with van der Waals surface area (Å²) in [5, 5.41) is 3.14. The molecule has 1 aliphatic carbocycles. The number of amides is 1. The zero-order valence-electron chi connectivity index (χ0n) is 19.4. The van der Waals surface area contributed by atoms with Crippen molar-refractivity contribution in [2.75, 3.05) is 0 Å². The van der Waals surface area contributed by atoms with Gasteiger partial charge in [-0.15, -0.1) is 0 Å². The third kappa shape index (κ3) is 7.34. The number of hydrogen-bond acceptors (Lipinski definition) is 4. The molecule has 0 aliphatic heterocycles. The SMILES string of the molecule is CCCC(CCCc1cc(OC(C)C)ncn1)c1ccc([C@H](C)NC(=O)C2CC2)cc1. The highest BCUT2D eigenvalue weighted by Crippen LogP contribution is 2.31. The van der Waals surface area contributed by atoms with E-state index in [2.05, 4.69) is 53.4 Å². The van der Waals surface area contributed by atoms with Crippen LogP contribution in [-0.2, 0) is 11.2 Å². The summed E-state index contributed by atoms with van der Waals surface area (Å²) in [6.45, 7) is 8.32. The smallest absolute Gasteiger partial charge is 0.223 e. The zero-order chi connectivity index (χ0) is 22.2. The van der Waals surface area contributed by atoms with Crippen LogP contribution in [0.1, 0.15) is 95.0 Å². The first-order valence-electron chi connectivity index (χ1n) is 11.8.